The molecule has 0 unspecified atom stereocenters. The molecular formula is C19H24N4O3. The molecule has 1 saturated heterocycles. The molecule has 2 heterocycles. The van der Waals surface area contributed by atoms with Gasteiger partial charge in [-0.25, -0.2) is 4.68 Å². The number of ether oxygens (including phenoxy) is 1. The van der Waals surface area contributed by atoms with Gasteiger partial charge in [0.05, 0.1) is 29.3 Å². The third kappa shape index (κ3) is 2.71. The van der Waals surface area contributed by atoms with E-state index in [1.165, 1.54) is 4.68 Å². The first kappa shape index (κ1) is 17.2. The minimum absolute atomic E-state index is 0.0576. The number of rotatable bonds is 4. The lowest BCUT2D eigenvalue weighted by Crippen LogP contribution is -2.69. The number of nitrogens with one attached hydrogen (secondary N) is 1. The largest absolute Gasteiger partial charge is 0.376 e. The number of amides is 1. The molecule has 2 fully saturated rings. The maximum Gasteiger partial charge on any atom is 0.275 e. The Kier molecular flexibility index (Phi) is 4.28. The van der Waals surface area contributed by atoms with Crippen LogP contribution < -0.4 is 10.9 Å². The first-order chi connectivity index (χ1) is 12.5. The third-order valence-corrected chi connectivity index (χ3v) is 5.62. The highest BCUT2D eigenvalue weighted by atomic mass is 16.5. The molecular weight excluding hydrogens is 332 g/mol. The number of aryl methyl sites for hydroxylation is 1. The molecule has 2 aromatic rings. The number of nitrogens with zero attached hydrogens (tertiary/aromatic N) is 3. The van der Waals surface area contributed by atoms with Crippen molar-refractivity contribution in [3.8, 4) is 0 Å². The van der Waals surface area contributed by atoms with E-state index in [1.807, 2.05) is 39.2 Å². The molecule has 4 rings (SSSR count). The van der Waals surface area contributed by atoms with E-state index in [2.05, 4.69) is 15.3 Å². The molecule has 138 valence electrons. The topological polar surface area (TPSA) is 76.5 Å². The predicted octanol–water partition coefficient (Wildman–Crippen LogP) is 0.539. The molecule has 1 saturated carbocycles. The fraction of sp³-hybridized carbons (Fsp3) is 0.526. The standard InChI is InChI=1S/C19H24N4O3/c1-11-12-6-4-5-7-13(12)19(25)23(21-11)10-15(24)20-16-14-8-9-26-18(14)17(16)22(2)3/h4-7,14,16-18H,8-10H2,1-3H3,(H,20,24)/t14-,16+,17-,18-/m1/s1. The van der Waals surface area contributed by atoms with Gasteiger partial charge in [-0.1, -0.05) is 18.2 Å². The first-order valence-electron chi connectivity index (χ1n) is 9.01. The molecule has 1 aliphatic carbocycles. The highest BCUT2D eigenvalue weighted by Gasteiger charge is 2.55. The van der Waals surface area contributed by atoms with Crippen LogP contribution in [0.2, 0.25) is 0 Å². The zero-order chi connectivity index (χ0) is 18.4. The molecule has 1 aliphatic heterocycles. The van der Waals surface area contributed by atoms with E-state index in [9.17, 15) is 9.59 Å². The highest BCUT2D eigenvalue weighted by Crippen LogP contribution is 2.41. The fourth-order valence-electron chi connectivity index (χ4n) is 4.36. The van der Waals surface area contributed by atoms with Gasteiger partial charge in [0.2, 0.25) is 5.91 Å². The molecule has 0 radical (unpaired) electrons. The van der Waals surface area contributed by atoms with E-state index in [0.29, 0.717) is 11.3 Å². The van der Waals surface area contributed by atoms with Crippen LogP contribution in [0, 0.1) is 12.8 Å². The lowest BCUT2D eigenvalue weighted by atomic mass is 9.71. The molecule has 0 spiro atoms. The van der Waals surface area contributed by atoms with Crippen molar-refractivity contribution >= 4 is 16.7 Å². The Balaban J connectivity index is 1.53. The zero-order valence-corrected chi connectivity index (χ0v) is 15.3. The van der Waals surface area contributed by atoms with E-state index in [-0.39, 0.29) is 36.2 Å². The van der Waals surface area contributed by atoms with Crippen molar-refractivity contribution in [2.45, 2.75) is 38.1 Å². The van der Waals surface area contributed by atoms with E-state index in [0.717, 1.165) is 24.1 Å². The van der Waals surface area contributed by atoms with Gasteiger partial charge in [0, 0.05) is 17.9 Å². The summed E-state index contributed by atoms with van der Waals surface area (Å²) in [6, 6.07) is 7.58. The lowest BCUT2D eigenvalue weighted by molar-refractivity contribution is -0.128. The summed E-state index contributed by atoms with van der Waals surface area (Å²) < 4.78 is 7.04. The van der Waals surface area contributed by atoms with Gasteiger partial charge in [0.1, 0.15) is 6.54 Å². The molecule has 0 bridgehead atoms. The van der Waals surface area contributed by atoms with Crippen molar-refractivity contribution in [3.63, 3.8) is 0 Å². The number of aromatic nitrogens is 2. The summed E-state index contributed by atoms with van der Waals surface area (Å²) in [5, 5.41) is 8.84. The molecule has 26 heavy (non-hydrogen) atoms. The van der Waals surface area contributed by atoms with Crippen molar-refractivity contribution in [2.75, 3.05) is 20.7 Å². The van der Waals surface area contributed by atoms with Crippen molar-refractivity contribution in [2.24, 2.45) is 5.92 Å². The fourth-order valence-corrected chi connectivity index (χ4v) is 4.36. The number of likely N-dealkylation sites (N-methyl/N-ethyl adjacent to an activating group) is 1. The molecule has 1 N–H and O–H groups in total. The summed E-state index contributed by atoms with van der Waals surface area (Å²) in [5.41, 5.74) is 0.508. The SMILES string of the molecule is Cc1nn(CC(=O)N[C@H]2[C@H]3CCO[C@H]3[C@@H]2N(C)C)c(=O)c2ccccc12. The average molecular weight is 356 g/mol. The Hall–Kier alpha value is -2.25. The summed E-state index contributed by atoms with van der Waals surface area (Å²) >= 11 is 0. The van der Waals surface area contributed by atoms with E-state index >= 15 is 0 Å². The summed E-state index contributed by atoms with van der Waals surface area (Å²) in [7, 11) is 4.00. The predicted molar refractivity (Wildman–Crippen MR) is 98.0 cm³/mol. The molecule has 4 atom stereocenters. The number of hydrogen-bond donors (Lipinski definition) is 1. The number of carbonyl (C=O) groups excluding carboxylic acids is 1. The van der Waals surface area contributed by atoms with Gasteiger partial charge >= 0.3 is 0 Å². The molecule has 7 heteroatoms. The van der Waals surface area contributed by atoms with Gasteiger partial charge in [-0.15, -0.1) is 0 Å². The van der Waals surface area contributed by atoms with Crippen LogP contribution in [0.5, 0.6) is 0 Å². The van der Waals surface area contributed by atoms with Gasteiger partial charge in [-0.2, -0.15) is 5.10 Å². The lowest BCUT2D eigenvalue weighted by Gasteiger charge is -2.50. The Morgan fingerprint density at radius 2 is 2.08 bits per heavy atom. The van der Waals surface area contributed by atoms with Crippen molar-refractivity contribution in [1.29, 1.82) is 0 Å². The van der Waals surface area contributed by atoms with Gasteiger partial charge in [0.25, 0.3) is 5.56 Å². The number of hydrogen-bond acceptors (Lipinski definition) is 5. The van der Waals surface area contributed by atoms with Crippen molar-refractivity contribution in [1.82, 2.24) is 20.0 Å². The third-order valence-electron chi connectivity index (χ3n) is 5.62. The molecule has 7 nitrogen and oxygen atoms in total. The highest BCUT2D eigenvalue weighted by molar-refractivity contribution is 5.83. The monoisotopic (exact) mass is 356 g/mol. The Bertz CT molecular complexity index is 907. The molecule has 1 amide bonds. The van der Waals surface area contributed by atoms with Crippen molar-refractivity contribution < 1.29 is 9.53 Å². The molecule has 1 aromatic heterocycles. The van der Waals surface area contributed by atoms with Crippen molar-refractivity contribution in [3.05, 3.63) is 40.3 Å². The zero-order valence-electron chi connectivity index (χ0n) is 15.3. The van der Waals surface area contributed by atoms with E-state index in [1.54, 1.807) is 6.07 Å². The maximum absolute atomic E-state index is 12.6. The summed E-state index contributed by atoms with van der Waals surface area (Å²) in [6.07, 6.45) is 1.16. The second-order valence-corrected chi connectivity index (χ2v) is 7.43. The van der Waals surface area contributed by atoms with Gasteiger partial charge in [0.15, 0.2) is 0 Å². The van der Waals surface area contributed by atoms with Crippen LogP contribution >= 0.6 is 0 Å². The Labute approximate surface area is 151 Å². The van der Waals surface area contributed by atoms with Gasteiger partial charge in [-0.3, -0.25) is 9.59 Å². The van der Waals surface area contributed by atoms with Crippen LogP contribution in [0.25, 0.3) is 10.8 Å². The minimum atomic E-state index is -0.235. The van der Waals surface area contributed by atoms with Crippen LogP contribution in [-0.2, 0) is 16.1 Å². The quantitative estimate of drug-likeness (QED) is 0.865. The number of fused-ring (bicyclic) bond motifs is 2. The number of carbonyl (C=O) groups is 1. The van der Waals surface area contributed by atoms with Crippen LogP contribution in [0.3, 0.4) is 0 Å². The van der Waals surface area contributed by atoms with Crippen LogP contribution in [0.1, 0.15) is 12.1 Å². The normalized spacial score (nSPS) is 27.4. The summed E-state index contributed by atoms with van der Waals surface area (Å²) in [4.78, 5) is 27.3. The number of benzene rings is 1. The average Bonchev–Trinajstić information content (AvgIpc) is 3.00. The first-order valence-corrected chi connectivity index (χ1v) is 9.01. The molecule has 1 aromatic carbocycles. The molecule has 2 aliphatic rings. The summed E-state index contributed by atoms with van der Waals surface area (Å²) in [5.74, 6) is 0.172. The second-order valence-electron chi connectivity index (χ2n) is 7.43. The van der Waals surface area contributed by atoms with Crippen LogP contribution in [0.15, 0.2) is 29.1 Å². The summed E-state index contributed by atoms with van der Waals surface area (Å²) in [6.45, 7) is 2.53. The van der Waals surface area contributed by atoms with E-state index in [4.69, 9.17) is 4.74 Å². The smallest absolute Gasteiger partial charge is 0.275 e. The van der Waals surface area contributed by atoms with Crippen LogP contribution in [0.4, 0.5) is 0 Å². The van der Waals surface area contributed by atoms with E-state index < -0.39 is 0 Å². The maximum atomic E-state index is 12.6. The second kappa shape index (κ2) is 6.48. The van der Waals surface area contributed by atoms with Crippen LogP contribution in [-0.4, -0.2) is 59.5 Å². The Morgan fingerprint density at radius 1 is 1.35 bits per heavy atom. The minimum Gasteiger partial charge on any atom is -0.376 e. The van der Waals surface area contributed by atoms with Gasteiger partial charge < -0.3 is 15.0 Å². The van der Waals surface area contributed by atoms with Gasteiger partial charge in [-0.05, 0) is 33.5 Å². The Morgan fingerprint density at radius 3 is 2.81 bits per heavy atom.